The van der Waals surface area contributed by atoms with E-state index in [1.54, 1.807) is 0 Å². The van der Waals surface area contributed by atoms with Crippen molar-refractivity contribution in [1.82, 2.24) is 9.38 Å². The van der Waals surface area contributed by atoms with Gasteiger partial charge in [-0.05, 0) is 52.6 Å². The molecule has 0 radical (unpaired) electrons. The van der Waals surface area contributed by atoms with Gasteiger partial charge in [-0.1, -0.05) is 72.3 Å². The summed E-state index contributed by atoms with van der Waals surface area (Å²) in [7, 11) is 0. The molecule has 2 heterocycles. The summed E-state index contributed by atoms with van der Waals surface area (Å²) in [4.78, 5) is 4.71. The zero-order valence-corrected chi connectivity index (χ0v) is 16.9. The fourth-order valence-electron chi connectivity index (χ4n) is 3.64. The number of aromatic nitrogens is 2. The second kappa shape index (κ2) is 7.79. The maximum Gasteiger partial charge on any atom is 0.137 e. The van der Waals surface area contributed by atoms with Gasteiger partial charge in [0.1, 0.15) is 11.8 Å². The second-order valence-electron chi connectivity index (χ2n) is 7.25. The second-order valence-corrected chi connectivity index (χ2v) is 7.69. The molecule has 4 heteroatoms. The SMILES string of the molecule is OC(c1ccccc1)c1cccc(-c2ccc3nc(-c4ccc(Cl)cc4)cn3c2)c1. The molecule has 1 N–H and O–H groups in total. The van der Waals surface area contributed by atoms with Crippen LogP contribution in [-0.4, -0.2) is 14.5 Å². The highest BCUT2D eigenvalue weighted by Gasteiger charge is 2.12. The van der Waals surface area contributed by atoms with Crippen molar-refractivity contribution in [2.45, 2.75) is 6.10 Å². The molecular formula is C26H19ClN2O. The zero-order valence-electron chi connectivity index (χ0n) is 16.1. The van der Waals surface area contributed by atoms with Crippen LogP contribution in [0, 0.1) is 0 Å². The molecule has 0 saturated carbocycles. The van der Waals surface area contributed by atoms with Crippen LogP contribution >= 0.6 is 11.6 Å². The molecule has 3 nitrogen and oxygen atoms in total. The molecule has 0 fully saturated rings. The first-order valence-electron chi connectivity index (χ1n) is 9.75. The number of rotatable bonds is 4. The van der Waals surface area contributed by atoms with E-state index in [0.29, 0.717) is 5.02 Å². The van der Waals surface area contributed by atoms with Crippen LogP contribution in [0.1, 0.15) is 17.2 Å². The Balaban J connectivity index is 1.50. The predicted octanol–water partition coefficient (Wildman–Crippen LogP) is 6.40. The van der Waals surface area contributed by atoms with E-state index in [1.807, 2.05) is 89.5 Å². The number of benzene rings is 3. The van der Waals surface area contributed by atoms with Gasteiger partial charge in [0.15, 0.2) is 0 Å². The first-order chi connectivity index (χ1) is 14.7. The van der Waals surface area contributed by atoms with Crippen LogP contribution in [0.5, 0.6) is 0 Å². The summed E-state index contributed by atoms with van der Waals surface area (Å²) in [5.41, 5.74) is 6.66. The van der Waals surface area contributed by atoms with Crippen molar-refractivity contribution >= 4 is 17.2 Å². The number of aliphatic hydroxyl groups is 1. The minimum Gasteiger partial charge on any atom is -0.384 e. The number of imidazole rings is 1. The van der Waals surface area contributed by atoms with E-state index >= 15 is 0 Å². The van der Waals surface area contributed by atoms with Crippen molar-refractivity contribution in [1.29, 1.82) is 0 Å². The van der Waals surface area contributed by atoms with Crippen molar-refractivity contribution in [3.8, 4) is 22.4 Å². The average Bonchev–Trinajstić information content (AvgIpc) is 3.23. The van der Waals surface area contributed by atoms with Crippen molar-refractivity contribution in [3.05, 3.63) is 120 Å². The van der Waals surface area contributed by atoms with E-state index in [2.05, 4.69) is 18.3 Å². The molecular weight excluding hydrogens is 392 g/mol. The molecule has 0 bridgehead atoms. The first-order valence-corrected chi connectivity index (χ1v) is 10.1. The molecule has 1 atom stereocenters. The molecule has 5 aromatic rings. The molecule has 0 aliphatic rings. The van der Waals surface area contributed by atoms with Crippen LogP contribution in [0.3, 0.4) is 0 Å². The Morgan fingerprint density at radius 1 is 0.700 bits per heavy atom. The molecule has 146 valence electrons. The minimum atomic E-state index is -0.653. The summed E-state index contributed by atoms with van der Waals surface area (Å²) in [6, 6.07) is 29.5. The highest BCUT2D eigenvalue weighted by atomic mass is 35.5. The van der Waals surface area contributed by atoms with Gasteiger partial charge in [0.05, 0.1) is 5.69 Å². The van der Waals surface area contributed by atoms with E-state index in [9.17, 15) is 5.11 Å². The fourth-order valence-corrected chi connectivity index (χ4v) is 3.76. The van der Waals surface area contributed by atoms with Crippen molar-refractivity contribution in [2.75, 3.05) is 0 Å². The Morgan fingerprint density at radius 3 is 2.23 bits per heavy atom. The van der Waals surface area contributed by atoms with Gasteiger partial charge in [0.2, 0.25) is 0 Å². The smallest absolute Gasteiger partial charge is 0.137 e. The topological polar surface area (TPSA) is 37.5 Å². The monoisotopic (exact) mass is 410 g/mol. The van der Waals surface area contributed by atoms with Gasteiger partial charge in [-0.15, -0.1) is 0 Å². The molecule has 0 amide bonds. The molecule has 0 aliphatic heterocycles. The minimum absolute atomic E-state index is 0.653. The highest BCUT2D eigenvalue weighted by Crippen LogP contribution is 2.28. The van der Waals surface area contributed by atoms with Crippen molar-refractivity contribution in [2.24, 2.45) is 0 Å². The van der Waals surface area contributed by atoms with Crippen LogP contribution in [0.4, 0.5) is 0 Å². The summed E-state index contributed by atoms with van der Waals surface area (Å²) in [6.07, 6.45) is 3.43. The number of hydrogen-bond donors (Lipinski definition) is 1. The number of nitrogens with zero attached hydrogens (tertiary/aromatic N) is 2. The highest BCUT2D eigenvalue weighted by molar-refractivity contribution is 6.30. The Bertz CT molecular complexity index is 1310. The molecule has 0 saturated heterocycles. The lowest BCUT2D eigenvalue weighted by Gasteiger charge is -2.13. The molecule has 2 aromatic heterocycles. The van der Waals surface area contributed by atoms with Gasteiger partial charge in [-0.2, -0.15) is 0 Å². The average molecular weight is 411 g/mol. The predicted molar refractivity (Wildman–Crippen MR) is 122 cm³/mol. The Hall–Kier alpha value is -3.40. The largest absolute Gasteiger partial charge is 0.384 e. The fraction of sp³-hybridized carbons (Fsp3) is 0.0385. The van der Waals surface area contributed by atoms with E-state index in [1.165, 1.54) is 0 Å². The van der Waals surface area contributed by atoms with Crippen LogP contribution in [0.25, 0.3) is 28.0 Å². The van der Waals surface area contributed by atoms with Crippen LogP contribution in [-0.2, 0) is 0 Å². The van der Waals surface area contributed by atoms with Gasteiger partial charge >= 0.3 is 0 Å². The van der Waals surface area contributed by atoms with E-state index < -0.39 is 6.10 Å². The summed E-state index contributed by atoms with van der Waals surface area (Å²) < 4.78 is 2.03. The number of hydrogen-bond acceptors (Lipinski definition) is 2. The quantitative estimate of drug-likeness (QED) is 0.372. The van der Waals surface area contributed by atoms with E-state index in [-0.39, 0.29) is 0 Å². The summed E-state index contributed by atoms with van der Waals surface area (Å²) >= 11 is 6.00. The van der Waals surface area contributed by atoms with Gasteiger partial charge in [0, 0.05) is 23.0 Å². The molecule has 30 heavy (non-hydrogen) atoms. The summed E-state index contributed by atoms with van der Waals surface area (Å²) in [6.45, 7) is 0. The maximum atomic E-state index is 10.8. The van der Waals surface area contributed by atoms with Gasteiger partial charge in [0.25, 0.3) is 0 Å². The Morgan fingerprint density at radius 2 is 1.43 bits per heavy atom. The van der Waals surface area contributed by atoms with Crippen molar-refractivity contribution < 1.29 is 5.11 Å². The third kappa shape index (κ3) is 3.61. The Kier molecular flexibility index (Phi) is 4.83. The number of pyridine rings is 1. The lowest BCUT2D eigenvalue weighted by molar-refractivity contribution is 0.220. The molecule has 0 aliphatic carbocycles. The van der Waals surface area contributed by atoms with Crippen LogP contribution < -0.4 is 0 Å². The standard InChI is InChI=1S/C26H19ClN2O/c27-23-12-9-18(10-13-23)24-17-29-16-22(11-14-25(29)28-24)20-7-4-8-21(15-20)26(30)19-5-2-1-3-6-19/h1-17,26,30H. The van der Waals surface area contributed by atoms with E-state index in [4.69, 9.17) is 16.6 Å². The summed E-state index contributed by atoms with van der Waals surface area (Å²) in [5, 5.41) is 11.5. The van der Waals surface area contributed by atoms with Gasteiger partial charge < -0.3 is 9.51 Å². The third-order valence-electron chi connectivity index (χ3n) is 5.24. The first kappa shape index (κ1) is 18.6. The molecule has 0 spiro atoms. The number of halogens is 1. The summed E-state index contributed by atoms with van der Waals surface area (Å²) in [5.74, 6) is 0. The number of aliphatic hydroxyl groups excluding tert-OH is 1. The van der Waals surface area contributed by atoms with Crippen LogP contribution in [0.2, 0.25) is 5.02 Å². The molecule has 1 unspecified atom stereocenters. The van der Waals surface area contributed by atoms with Gasteiger partial charge in [-0.25, -0.2) is 4.98 Å². The lowest BCUT2D eigenvalue weighted by atomic mass is 9.98. The van der Waals surface area contributed by atoms with Gasteiger partial charge in [-0.3, -0.25) is 0 Å². The zero-order chi connectivity index (χ0) is 20.5. The normalized spacial score (nSPS) is 12.2. The lowest BCUT2D eigenvalue weighted by Crippen LogP contribution is -1.99. The molecule has 5 rings (SSSR count). The third-order valence-corrected chi connectivity index (χ3v) is 5.49. The Labute approximate surface area is 179 Å². The van der Waals surface area contributed by atoms with Crippen molar-refractivity contribution in [3.63, 3.8) is 0 Å². The van der Waals surface area contributed by atoms with Crippen LogP contribution in [0.15, 0.2) is 103 Å². The number of fused-ring (bicyclic) bond motifs is 1. The molecule has 3 aromatic carbocycles. The maximum absolute atomic E-state index is 10.8. The van der Waals surface area contributed by atoms with E-state index in [0.717, 1.165) is 39.2 Å².